The van der Waals surface area contributed by atoms with Gasteiger partial charge in [-0.3, -0.25) is 25.8 Å². The highest BCUT2D eigenvalue weighted by atomic mass is 79.9. The molecule has 0 bridgehead atoms. The zero-order valence-corrected chi connectivity index (χ0v) is 11.1. The predicted molar refractivity (Wildman–Crippen MR) is 53.8 cm³/mol. The van der Waals surface area contributed by atoms with Crippen LogP contribution in [0.3, 0.4) is 0 Å². The van der Waals surface area contributed by atoms with Gasteiger partial charge in [0.1, 0.15) is 0 Å². The summed E-state index contributed by atoms with van der Waals surface area (Å²) in [5, 5.41) is 0.985. The first kappa shape index (κ1) is 13.4. The smallest absolute Gasteiger partial charge is 0.280 e. The third-order valence-corrected chi connectivity index (χ3v) is 0.996. The maximum Gasteiger partial charge on any atom is 0.560 e. The van der Waals surface area contributed by atoms with Crippen LogP contribution in [0.2, 0.25) is 0 Å². The van der Waals surface area contributed by atoms with Gasteiger partial charge >= 0.3 is 16.0 Å². The van der Waals surface area contributed by atoms with E-state index in [0.29, 0.717) is 0 Å². The second-order valence-corrected chi connectivity index (χ2v) is 9.94. The van der Waals surface area contributed by atoms with Crippen molar-refractivity contribution in [2.45, 2.75) is 12.8 Å². The van der Waals surface area contributed by atoms with Crippen molar-refractivity contribution in [3.8, 4) is 5.92 Å². The van der Waals surface area contributed by atoms with Gasteiger partial charge in [-0.15, -0.1) is 0 Å². The standard InChI is InChI=1S/C5H6Br.2BrH.Mg/c1-2-3-4-5-6;;;/h3-5H2;2*1H;/q;;;+2/p-2. The summed E-state index contributed by atoms with van der Waals surface area (Å²) in [6, 6.07) is 0. The van der Waals surface area contributed by atoms with E-state index in [-0.39, 0.29) is 16.0 Å². The molecule has 0 N–H and O–H groups in total. The molecule has 0 atom stereocenters. The van der Waals surface area contributed by atoms with Crippen LogP contribution in [0.25, 0.3) is 0 Å². The predicted octanol–water partition coefficient (Wildman–Crippen LogP) is 3.06. The van der Waals surface area contributed by atoms with Crippen molar-refractivity contribution in [1.29, 1.82) is 0 Å². The van der Waals surface area contributed by atoms with E-state index in [0.717, 1.165) is 18.2 Å². The molecule has 0 saturated carbocycles. The van der Waals surface area contributed by atoms with Crippen LogP contribution in [0, 0.1) is 12.3 Å². The average molecular weight is 330 g/mol. The molecule has 0 aromatic carbocycles. The van der Waals surface area contributed by atoms with E-state index < -0.39 is 0 Å². The van der Waals surface area contributed by atoms with Gasteiger partial charge in [-0.25, -0.2) is 0 Å². The lowest BCUT2D eigenvalue weighted by molar-refractivity contribution is 1.00. The van der Waals surface area contributed by atoms with Crippen molar-refractivity contribution in [1.82, 2.24) is 0 Å². The van der Waals surface area contributed by atoms with E-state index in [2.05, 4.69) is 47.6 Å². The molecule has 0 aromatic rings. The first-order chi connectivity index (χ1) is 4.33. The third-order valence-electron chi connectivity index (χ3n) is 0.435. The number of hydrogen-bond donors (Lipinski definition) is 0. The van der Waals surface area contributed by atoms with E-state index >= 15 is 0 Å². The molecule has 0 aromatic heterocycles. The van der Waals surface area contributed by atoms with Gasteiger partial charge in [0.2, 0.25) is 0 Å². The van der Waals surface area contributed by atoms with E-state index in [4.69, 9.17) is 6.42 Å². The van der Waals surface area contributed by atoms with Crippen LogP contribution in [0.1, 0.15) is 12.8 Å². The maximum atomic E-state index is 6.44. The van der Waals surface area contributed by atoms with E-state index in [1.165, 1.54) is 0 Å². The first-order valence-corrected chi connectivity index (χ1v) is 11.3. The molecule has 0 aliphatic heterocycles. The lowest BCUT2D eigenvalue weighted by Gasteiger charge is -1.77. The highest BCUT2D eigenvalue weighted by molar-refractivity contribution is 9.47. The Hall–Kier alpha value is 1.77. The summed E-state index contributed by atoms with van der Waals surface area (Å²) in [7, 11) is 0. The van der Waals surface area contributed by atoms with Crippen LogP contribution < -0.4 is 0 Å². The Morgan fingerprint density at radius 2 is 1.89 bits per heavy atom. The van der Waals surface area contributed by atoms with Gasteiger partial charge in [0.25, 0.3) is 0 Å². The molecule has 0 heterocycles. The molecule has 49 valence electrons. The largest absolute Gasteiger partial charge is 0.560 e. The first-order valence-electron chi connectivity index (χ1n) is 2.41. The molecule has 0 unspecified atom stereocenters. The topological polar surface area (TPSA) is 0 Å². The number of hydrogen-bond acceptors (Lipinski definition) is 0. The minimum Gasteiger partial charge on any atom is -0.280 e. The zero-order valence-electron chi connectivity index (χ0n) is 4.96. The van der Waals surface area contributed by atoms with Crippen LogP contribution in [-0.4, -0.2) is 21.4 Å². The minimum absolute atomic E-state index is 0.0417. The van der Waals surface area contributed by atoms with E-state index in [1.807, 2.05) is 0 Å². The van der Waals surface area contributed by atoms with E-state index in [9.17, 15) is 0 Å². The number of halogens is 3. The zero-order chi connectivity index (χ0) is 7.54. The van der Waals surface area contributed by atoms with Crippen LogP contribution in [-0.2, 0) is 0 Å². The van der Waals surface area contributed by atoms with Gasteiger partial charge in [0, 0.05) is 11.8 Å². The minimum atomic E-state index is 0.0417. The van der Waals surface area contributed by atoms with Crippen LogP contribution in [0.5, 0.6) is 0 Å². The molecule has 0 saturated heterocycles. The molecule has 0 aliphatic rings. The van der Waals surface area contributed by atoms with Crippen LogP contribution in [0.15, 0.2) is 0 Å². The molecule has 0 rings (SSSR count). The van der Waals surface area contributed by atoms with Gasteiger partial charge in [-0.2, -0.15) is 0 Å². The summed E-state index contributed by atoms with van der Waals surface area (Å²) < 4.78 is 0. The second-order valence-electron chi connectivity index (χ2n) is 1.07. The summed E-state index contributed by atoms with van der Waals surface area (Å²) in [5.74, 6) is 2.29. The Morgan fingerprint density at radius 3 is 2.00 bits per heavy atom. The summed E-state index contributed by atoms with van der Waals surface area (Å²) in [6.07, 6.45) is 8.25. The van der Waals surface area contributed by atoms with Crippen molar-refractivity contribution >= 4 is 57.7 Å². The third kappa shape index (κ3) is 25.9. The quantitative estimate of drug-likeness (QED) is 0.316. The molecule has 0 fully saturated rings. The Kier molecular flexibility index (Phi) is 24.3. The molecule has 9 heavy (non-hydrogen) atoms. The van der Waals surface area contributed by atoms with Gasteiger partial charge in [0.05, 0.1) is 0 Å². The SMILES string of the molecule is [Br][Mg][Br].[C]#CCCCBr. The fraction of sp³-hybridized carbons (Fsp3) is 0.600. The average Bonchev–Trinajstić information content (AvgIpc) is 1.86. The lowest BCUT2D eigenvalue weighted by Crippen LogP contribution is -1.67. The Morgan fingerprint density at radius 1 is 1.44 bits per heavy atom. The van der Waals surface area contributed by atoms with Crippen LogP contribution in [0.4, 0.5) is 0 Å². The van der Waals surface area contributed by atoms with Crippen molar-refractivity contribution in [2.24, 2.45) is 0 Å². The van der Waals surface area contributed by atoms with Gasteiger partial charge < -0.3 is 0 Å². The van der Waals surface area contributed by atoms with Gasteiger partial charge in [-0.1, -0.05) is 21.9 Å². The summed E-state index contributed by atoms with van der Waals surface area (Å²) in [4.78, 5) is 0. The maximum absolute atomic E-state index is 6.44. The number of alkyl halides is 1. The Balaban J connectivity index is 0. The highest BCUT2D eigenvalue weighted by Gasteiger charge is 1.73. The molecule has 4 heteroatoms. The van der Waals surface area contributed by atoms with Crippen molar-refractivity contribution in [3.63, 3.8) is 0 Å². The van der Waals surface area contributed by atoms with Crippen molar-refractivity contribution < 1.29 is 0 Å². The molecule has 0 spiro atoms. The molecule has 0 amide bonds. The molecule has 0 nitrogen and oxygen atoms in total. The summed E-state index contributed by atoms with van der Waals surface area (Å²) in [5.41, 5.74) is 0. The van der Waals surface area contributed by atoms with Gasteiger partial charge in [0.15, 0.2) is 0 Å². The van der Waals surface area contributed by atoms with E-state index in [1.54, 1.807) is 0 Å². The highest BCUT2D eigenvalue weighted by Crippen LogP contribution is 1.89. The summed E-state index contributed by atoms with van der Waals surface area (Å²) in [6.45, 7) is 0. The van der Waals surface area contributed by atoms with Crippen molar-refractivity contribution in [2.75, 3.05) is 5.33 Å². The van der Waals surface area contributed by atoms with Crippen molar-refractivity contribution in [3.05, 3.63) is 6.42 Å². The normalized spacial score (nSPS) is 6.00. The molecular weight excluding hydrogens is 324 g/mol. The van der Waals surface area contributed by atoms with Crippen LogP contribution >= 0.6 is 41.7 Å². The molecular formula is C5H6Br3Mg. The number of unbranched alkanes of at least 4 members (excludes halogenated alkanes) is 1. The Labute approximate surface area is 87.1 Å². The monoisotopic (exact) mass is 327 g/mol. The fourth-order valence-electron chi connectivity index (χ4n) is 0.155. The second kappa shape index (κ2) is 16.4. The summed E-state index contributed by atoms with van der Waals surface area (Å²) >= 11 is 9.67. The molecule has 0 aliphatic carbocycles. The lowest BCUT2D eigenvalue weighted by atomic mass is 10.4. The molecule has 1 radical (unpaired) electrons. The Bertz CT molecular complexity index is 69.1. The van der Waals surface area contributed by atoms with Gasteiger partial charge in [-0.05, 0) is 12.8 Å². The number of rotatable bonds is 2. The fourth-order valence-corrected chi connectivity index (χ4v) is 0.436.